The van der Waals surface area contributed by atoms with Crippen LogP contribution in [-0.2, 0) is 22.0 Å². The summed E-state index contributed by atoms with van der Waals surface area (Å²) in [6, 6.07) is 5.54. The van der Waals surface area contributed by atoms with Crippen molar-refractivity contribution in [2.45, 2.75) is 30.7 Å². The molecule has 2 aromatic heterocycles. The topological polar surface area (TPSA) is 88.0 Å². The number of sulfonamides is 1. The van der Waals surface area contributed by atoms with Crippen molar-refractivity contribution in [1.29, 1.82) is 0 Å². The molecular formula is C13H19N3O2S2. The first-order chi connectivity index (χ1) is 9.35. The predicted octanol–water partition coefficient (Wildman–Crippen LogP) is 1.79. The van der Waals surface area contributed by atoms with Crippen LogP contribution in [0.15, 0.2) is 34.7 Å². The molecule has 2 heterocycles. The lowest BCUT2D eigenvalue weighted by Gasteiger charge is -2.23. The van der Waals surface area contributed by atoms with Gasteiger partial charge in [-0.25, -0.2) is 13.1 Å². The normalized spacial score (nSPS) is 12.8. The Kier molecular flexibility index (Phi) is 4.33. The van der Waals surface area contributed by atoms with E-state index in [1.54, 1.807) is 17.4 Å². The summed E-state index contributed by atoms with van der Waals surface area (Å²) in [6.45, 7) is 4.67. The molecule has 0 aliphatic rings. The monoisotopic (exact) mass is 313 g/mol. The highest BCUT2D eigenvalue weighted by Crippen LogP contribution is 2.27. The summed E-state index contributed by atoms with van der Waals surface area (Å²) in [7, 11) is -3.51. The van der Waals surface area contributed by atoms with Crippen molar-refractivity contribution in [1.82, 2.24) is 9.71 Å². The molecule has 0 unspecified atom stereocenters. The number of aromatic nitrogens is 1. The highest BCUT2D eigenvalue weighted by Gasteiger charge is 2.25. The molecule has 5 nitrogen and oxygen atoms in total. The van der Waals surface area contributed by atoms with Crippen LogP contribution in [0, 0.1) is 0 Å². The molecule has 110 valence electrons. The van der Waals surface area contributed by atoms with E-state index in [0.29, 0.717) is 12.2 Å². The van der Waals surface area contributed by atoms with Gasteiger partial charge in [0.25, 0.3) is 0 Å². The Morgan fingerprint density at radius 1 is 1.45 bits per heavy atom. The van der Waals surface area contributed by atoms with Crippen LogP contribution in [0.25, 0.3) is 0 Å². The van der Waals surface area contributed by atoms with Gasteiger partial charge in [-0.3, -0.25) is 0 Å². The van der Waals surface area contributed by atoms with E-state index in [2.05, 4.69) is 9.71 Å². The molecule has 20 heavy (non-hydrogen) atoms. The number of H-pyrrole nitrogens is 1. The van der Waals surface area contributed by atoms with Crippen LogP contribution < -0.4 is 10.5 Å². The van der Waals surface area contributed by atoms with Crippen molar-refractivity contribution in [3.63, 3.8) is 0 Å². The van der Waals surface area contributed by atoms with E-state index in [9.17, 15) is 8.42 Å². The van der Waals surface area contributed by atoms with E-state index in [4.69, 9.17) is 5.73 Å². The van der Waals surface area contributed by atoms with Crippen LogP contribution >= 0.6 is 11.3 Å². The van der Waals surface area contributed by atoms with Crippen molar-refractivity contribution in [3.05, 3.63) is 40.3 Å². The number of nitrogens with two attached hydrogens (primary N) is 1. The highest BCUT2D eigenvalue weighted by molar-refractivity contribution is 7.89. The van der Waals surface area contributed by atoms with Crippen molar-refractivity contribution < 1.29 is 8.42 Å². The smallest absolute Gasteiger partial charge is 0.242 e. The molecule has 0 aliphatic carbocycles. The zero-order valence-corrected chi connectivity index (χ0v) is 13.1. The number of nitrogens with one attached hydrogen (secondary N) is 2. The fourth-order valence-electron chi connectivity index (χ4n) is 1.80. The summed E-state index contributed by atoms with van der Waals surface area (Å²) >= 11 is 1.63. The van der Waals surface area contributed by atoms with Gasteiger partial charge in [-0.05, 0) is 17.5 Å². The zero-order chi connectivity index (χ0) is 14.8. The van der Waals surface area contributed by atoms with Gasteiger partial charge in [0.2, 0.25) is 10.0 Å². The molecule has 4 N–H and O–H groups in total. The third kappa shape index (κ3) is 3.29. The minimum atomic E-state index is -3.51. The molecule has 2 aromatic rings. The summed E-state index contributed by atoms with van der Waals surface area (Å²) in [5.74, 6) is 0. The second-order valence-electron chi connectivity index (χ2n) is 5.25. The van der Waals surface area contributed by atoms with Crippen LogP contribution in [0.3, 0.4) is 0 Å². The second-order valence-corrected chi connectivity index (χ2v) is 7.97. The second kappa shape index (κ2) is 5.69. The van der Waals surface area contributed by atoms with Gasteiger partial charge in [0.05, 0.1) is 4.90 Å². The predicted molar refractivity (Wildman–Crippen MR) is 81.2 cm³/mol. The van der Waals surface area contributed by atoms with Gasteiger partial charge in [-0.1, -0.05) is 19.9 Å². The molecule has 0 bridgehead atoms. The summed E-state index contributed by atoms with van der Waals surface area (Å²) in [4.78, 5) is 4.22. The van der Waals surface area contributed by atoms with Crippen molar-refractivity contribution in [2.24, 2.45) is 5.73 Å². The maximum absolute atomic E-state index is 12.2. The highest BCUT2D eigenvalue weighted by atomic mass is 32.2. The van der Waals surface area contributed by atoms with E-state index in [1.807, 2.05) is 31.4 Å². The lowest BCUT2D eigenvalue weighted by atomic mass is 9.92. The Labute approximate surface area is 123 Å². The number of hydrogen-bond acceptors (Lipinski definition) is 4. The number of rotatable bonds is 6. The van der Waals surface area contributed by atoms with E-state index in [1.165, 1.54) is 6.20 Å². The van der Waals surface area contributed by atoms with Gasteiger partial charge in [-0.2, -0.15) is 0 Å². The van der Waals surface area contributed by atoms with Crippen LogP contribution in [0.1, 0.15) is 24.4 Å². The lowest BCUT2D eigenvalue weighted by molar-refractivity contribution is 0.509. The summed E-state index contributed by atoms with van der Waals surface area (Å²) < 4.78 is 27.1. The standard InChI is InChI=1S/C13H19N3O2S2/c1-13(2,12-4-3-5-19-12)9-16-20(17,18)11-6-10(7-14)15-8-11/h3-6,8,15-16H,7,9,14H2,1-2H3. The Morgan fingerprint density at radius 2 is 2.20 bits per heavy atom. The van der Waals surface area contributed by atoms with Gasteiger partial charge in [0.15, 0.2) is 0 Å². The fourth-order valence-corrected chi connectivity index (χ4v) is 3.88. The number of hydrogen-bond donors (Lipinski definition) is 3. The summed E-state index contributed by atoms with van der Waals surface area (Å²) in [5.41, 5.74) is 5.92. The molecule has 0 aromatic carbocycles. The van der Waals surface area contributed by atoms with Gasteiger partial charge in [0, 0.05) is 35.3 Å². The van der Waals surface area contributed by atoms with E-state index in [0.717, 1.165) is 4.88 Å². The van der Waals surface area contributed by atoms with Crippen LogP contribution in [0.4, 0.5) is 0 Å². The molecule has 0 fully saturated rings. The molecule has 0 atom stereocenters. The molecule has 0 aliphatic heterocycles. The molecule has 0 spiro atoms. The largest absolute Gasteiger partial charge is 0.363 e. The first-order valence-electron chi connectivity index (χ1n) is 6.26. The zero-order valence-electron chi connectivity index (χ0n) is 11.5. The van der Waals surface area contributed by atoms with Gasteiger partial charge in [-0.15, -0.1) is 11.3 Å². The van der Waals surface area contributed by atoms with Crippen molar-refractivity contribution in [3.8, 4) is 0 Å². The van der Waals surface area contributed by atoms with E-state index < -0.39 is 10.0 Å². The van der Waals surface area contributed by atoms with Crippen LogP contribution in [0.2, 0.25) is 0 Å². The van der Waals surface area contributed by atoms with E-state index in [-0.39, 0.29) is 16.9 Å². The summed E-state index contributed by atoms with van der Waals surface area (Å²) in [5, 5.41) is 1.99. The molecule has 0 saturated carbocycles. The van der Waals surface area contributed by atoms with Crippen LogP contribution in [-0.4, -0.2) is 19.9 Å². The number of thiophene rings is 1. The summed E-state index contributed by atoms with van der Waals surface area (Å²) in [6.07, 6.45) is 1.46. The fraction of sp³-hybridized carbons (Fsp3) is 0.385. The number of aromatic amines is 1. The molecular weight excluding hydrogens is 294 g/mol. The molecule has 0 radical (unpaired) electrons. The Morgan fingerprint density at radius 3 is 2.75 bits per heavy atom. The lowest BCUT2D eigenvalue weighted by Crippen LogP contribution is -2.36. The molecule has 7 heteroatoms. The van der Waals surface area contributed by atoms with Gasteiger partial charge < -0.3 is 10.7 Å². The quantitative estimate of drug-likeness (QED) is 0.759. The Balaban J connectivity index is 2.09. The minimum absolute atomic E-state index is 0.222. The van der Waals surface area contributed by atoms with Crippen molar-refractivity contribution in [2.75, 3.05) is 6.54 Å². The molecule has 0 saturated heterocycles. The molecule has 2 rings (SSSR count). The average Bonchev–Trinajstić information content (AvgIpc) is 3.07. The van der Waals surface area contributed by atoms with E-state index >= 15 is 0 Å². The SMILES string of the molecule is CC(C)(CNS(=O)(=O)c1c[nH]c(CN)c1)c1cccs1. The van der Waals surface area contributed by atoms with Gasteiger partial charge in [0.1, 0.15) is 0 Å². The van der Waals surface area contributed by atoms with Crippen LogP contribution in [0.5, 0.6) is 0 Å². The average molecular weight is 313 g/mol. The third-order valence-corrected chi connectivity index (χ3v) is 5.76. The first-order valence-corrected chi connectivity index (χ1v) is 8.62. The first kappa shape index (κ1) is 15.2. The van der Waals surface area contributed by atoms with Gasteiger partial charge >= 0.3 is 0 Å². The maximum atomic E-state index is 12.2. The Hall–Kier alpha value is -1.15. The third-order valence-electron chi connectivity index (χ3n) is 3.14. The molecule has 0 amide bonds. The maximum Gasteiger partial charge on any atom is 0.242 e. The minimum Gasteiger partial charge on any atom is -0.363 e. The Bertz CT molecular complexity index is 658. The van der Waals surface area contributed by atoms with Crippen molar-refractivity contribution >= 4 is 21.4 Å².